The molecule has 1 atom stereocenters. The summed E-state index contributed by atoms with van der Waals surface area (Å²) >= 11 is 0. The van der Waals surface area contributed by atoms with E-state index in [1.807, 2.05) is 0 Å². The van der Waals surface area contributed by atoms with E-state index in [0.717, 1.165) is 4.90 Å². The highest BCUT2D eigenvalue weighted by molar-refractivity contribution is 5.98. The van der Waals surface area contributed by atoms with Gasteiger partial charge < -0.3 is 10.2 Å². The van der Waals surface area contributed by atoms with Crippen molar-refractivity contribution in [3.8, 4) is 0 Å². The van der Waals surface area contributed by atoms with Crippen molar-refractivity contribution >= 4 is 11.6 Å². The van der Waals surface area contributed by atoms with Crippen LogP contribution in [0, 0.1) is 23.3 Å². The topological polar surface area (TPSA) is 32.3 Å². The smallest absolute Gasteiger partial charge is 0.244 e. The Balaban J connectivity index is 2.43. The van der Waals surface area contributed by atoms with Gasteiger partial charge in [-0.3, -0.25) is 4.79 Å². The number of benzene rings is 1. The molecule has 1 N–H and O–H groups in total. The van der Waals surface area contributed by atoms with Gasteiger partial charge in [-0.2, -0.15) is 0 Å². The molecule has 0 aliphatic carbocycles. The number of amides is 1. The van der Waals surface area contributed by atoms with Gasteiger partial charge >= 0.3 is 0 Å². The molecule has 1 amide bonds. The minimum Gasteiger partial charge on any atom is -0.306 e. The fourth-order valence-electron chi connectivity index (χ4n) is 2.33. The van der Waals surface area contributed by atoms with Crippen LogP contribution in [0.4, 0.5) is 23.2 Å². The molecule has 1 aliphatic heterocycles. The lowest BCUT2D eigenvalue weighted by atomic mass is 10.0. The first kappa shape index (κ1) is 14.8. The van der Waals surface area contributed by atoms with Gasteiger partial charge in [0.05, 0.1) is 6.04 Å². The molecular formula is C13H14F4N2O. The van der Waals surface area contributed by atoms with Crippen LogP contribution in [0.2, 0.25) is 0 Å². The molecule has 1 heterocycles. The van der Waals surface area contributed by atoms with E-state index < -0.39 is 40.9 Å². The SMILES string of the molecule is CCNC1CCCN(c2c(F)c(F)cc(F)c2F)C1=O. The van der Waals surface area contributed by atoms with E-state index in [-0.39, 0.29) is 12.6 Å². The highest BCUT2D eigenvalue weighted by Crippen LogP contribution is 2.30. The summed E-state index contributed by atoms with van der Waals surface area (Å²) in [6.45, 7) is 2.32. The summed E-state index contributed by atoms with van der Waals surface area (Å²) in [7, 11) is 0. The zero-order valence-corrected chi connectivity index (χ0v) is 10.9. The Kier molecular flexibility index (Phi) is 4.27. The van der Waals surface area contributed by atoms with Crippen molar-refractivity contribution in [3.63, 3.8) is 0 Å². The molecule has 1 aromatic rings. The number of carbonyl (C=O) groups excluding carboxylic acids is 1. The predicted molar refractivity (Wildman–Crippen MR) is 65.3 cm³/mol. The molecule has 110 valence electrons. The van der Waals surface area contributed by atoms with Crippen LogP contribution in [-0.2, 0) is 4.79 Å². The number of nitrogens with zero attached hydrogens (tertiary/aromatic N) is 1. The van der Waals surface area contributed by atoms with Gasteiger partial charge in [-0.15, -0.1) is 0 Å². The third-order valence-electron chi connectivity index (χ3n) is 3.25. The van der Waals surface area contributed by atoms with E-state index in [9.17, 15) is 22.4 Å². The quantitative estimate of drug-likeness (QED) is 0.684. The lowest BCUT2D eigenvalue weighted by Gasteiger charge is -2.33. The molecule has 1 aromatic carbocycles. The van der Waals surface area contributed by atoms with Crippen LogP contribution >= 0.6 is 0 Å². The molecule has 0 aromatic heterocycles. The number of likely N-dealkylation sites (N-methyl/N-ethyl adjacent to an activating group) is 1. The fraction of sp³-hybridized carbons (Fsp3) is 0.462. The van der Waals surface area contributed by atoms with E-state index in [1.165, 1.54) is 0 Å². The molecule has 0 bridgehead atoms. The van der Waals surface area contributed by atoms with E-state index in [0.29, 0.717) is 19.4 Å². The molecule has 1 saturated heterocycles. The van der Waals surface area contributed by atoms with Crippen LogP contribution in [0.25, 0.3) is 0 Å². The Morgan fingerprint density at radius 1 is 1.25 bits per heavy atom. The number of carbonyl (C=O) groups is 1. The number of hydrogen-bond donors (Lipinski definition) is 1. The summed E-state index contributed by atoms with van der Waals surface area (Å²) in [6, 6.07) is -0.469. The van der Waals surface area contributed by atoms with Gasteiger partial charge in [-0.25, -0.2) is 17.6 Å². The van der Waals surface area contributed by atoms with Crippen molar-refractivity contribution in [2.24, 2.45) is 0 Å². The summed E-state index contributed by atoms with van der Waals surface area (Å²) in [5, 5.41) is 2.88. The first-order chi connectivity index (χ1) is 9.47. The fourth-order valence-corrected chi connectivity index (χ4v) is 2.33. The average molecular weight is 290 g/mol. The summed E-state index contributed by atoms with van der Waals surface area (Å²) < 4.78 is 53.9. The largest absolute Gasteiger partial charge is 0.306 e. The first-order valence-corrected chi connectivity index (χ1v) is 6.35. The average Bonchev–Trinajstić information content (AvgIpc) is 2.41. The maximum atomic E-state index is 13.7. The summed E-state index contributed by atoms with van der Waals surface area (Å²) in [5.41, 5.74) is -0.949. The Bertz CT molecular complexity index is 507. The Labute approximate surface area is 113 Å². The van der Waals surface area contributed by atoms with Crippen LogP contribution in [0.1, 0.15) is 19.8 Å². The zero-order valence-electron chi connectivity index (χ0n) is 10.9. The van der Waals surface area contributed by atoms with Crippen LogP contribution in [-0.4, -0.2) is 25.0 Å². The van der Waals surface area contributed by atoms with Crippen molar-refractivity contribution in [3.05, 3.63) is 29.3 Å². The lowest BCUT2D eigenvalue weighted by Crippen LogP contribution is -2.51. The Hall–Kier alpha value is -1.63. The highest BCUT2D eigenvalue weighted by Gasteiger charge is 2.34. The second-order valence-electron chi connectivity index (χ2n) is 4.56. The standard InChI is InChI=1S/C13H14F4N2O/c1-2-18-9-4-3-5-19(13(9)20)12-10(16)7(14)6-8(15)11(12)17/h6,9,18H,2-5H2,1H3. The summed E-state index contributed by atoms with van der Waals surface area (Å²) in [4.78, 5) is 12.9. The van der Waals surface area contributed by atoms with Gasteiger partial charge in [0.25, 0.3) is 0 Å². The third kappa shape index (κ3) is 2.49. The van der Waals surface area contributed by atoms with Crippen molar-refractivity contribution in [2.75, 3.05) is 18.0 Å². The van der Waals surface area contributed by atoms with Gasteiger partial charge in [0.15, 0.2) is 23.3 Å². The van der Waals surface area contributed by atoms with Crippen molar-refractivity contribution < 1.29 is 22.4 Å². The lowest BCUT2D eigenvalue weighted by molar-refractivity contribution is -0.121. The van der Waals surface area contributed by atoms with Crippen LogP contribution in [0.3, 0.4) is 0 Å². The number of hydrogen-bond acceptors (Lipinski definition) is 2. The summed E-state index contributed by atoms with van der Waals surface area (Å²) in [5.74, 6) is -6.71. The Morgan fingerprint density at radius 2 is 1.85 bits per heavy atom. The van der Waals surface area contributed by atoms with Crippen molar-refractivity contribution in [1.29, 1.82) is 0 Å². The van der Waals surface area contributed by atoms with Gasteiger partial charge in [-0.1, -0.05) is 6.92 Å². The molecule has 20 heavy (non-hydrogen) atoms. The minimum absolute atomic E-state index is 0.0253. The number of nitrogens with one attached hydrogen (secondary N) is 1. The highest BCUT2D eigenvalue weighted by atomic mass is 19.2. The van der Waals surface area contributed by atoms with Gasteiger partial charge in [0.1, 0.15) is 5.69 Å². The molecule has 7 heteroatoms. The van der Waals surface area contributed by atoms with E-state index in [2.05, 4.69) is 5.32 Å². The molecule has 0 spiro atoms. The van der Waals surface area contributed by atoms with Gasteiger partial charge in [-0.05, 0) is 19.4 Å². The van der Waals surface area contributed by atoms with Gasteiger partial charge in [0.2, 0.25) is 5.91 Å². The van der Waals surface area contributed by atoms with E-state index >= 15 is 0 Å². The predicted octanol–water partition coefficient (Wildman–Crippen LogP) is 2.35. The van der Waals surface area contributed by atoms with E-state index in [1.54, 1.807) is 6.92 Å². The number of rotatable bonds is 3. The molecule has 1 fully saturated rings. The number of halogens is 4. The van der Waals surface area contributed by atoms with E-state index in [4.69, 9.17) is 0 Å². The Morgan fingerprint density at radius 3 is 2.40 bits per heavy atom. The van der Waals surface area contributed by atoms with Crippen LogP contribution in [0.15, 0.2) is 6.07 Å². The van der Waals surface area contributed by atoms with Crippen molar-refractivity contribution in [2.45, 2.75) is 25.8 Å². The van der Waals surface area contributed by atoms with Gasteiger partial charge in [0, 0.05) is 12.6 Å². The number of anilines is 1. The molecular weight excluding hydrogens is 276 g/mol. The third-order valence-corrected chi connectivity index (χ3v) is 3.25. The second kappa shape index (κ2) is 5.78. The maximum Gasteiger partial charge on any atom is 0.244 e. The second-order valence-corrected chi connectivity index (χ2v) is 4.56. The van der Waals surface area contributed by atoms with Crippen LogP contribution in [0.5, 0.6) is 0 Å². The maximum absolute atomic E-state index is 13.7. The monoisotopic (exact) mass is 290 g/mol. The van der Waals surface area contributed by atoms with Crippen molar-refractivity contribution in [1.82, 2.24) is 5.32 Å². The summed E-state index contributed by atoms with van der Waals surface area (Å²) in [6.07, 6.45) is 1.00. The zero-order chi connectivity index (χ0) is 14.9. The molecule has 0 radical (unpaired) electrons. The number of piperidine rings is 1. The molecule has 3 nitrogen and oxygen atoms in total. The molecule has 1 unspecified atom stereocenters. The van der Waals surface area contributed by atoms with Crippen LogP contribution < -0.4 is 10.2 Å². The molecule has 1 aliphatic rings. The first-order valence-electron chi connectivity index (χ1n) is 6.35. The molecule has 2 rings (SSSR count). The molecule has 0 saturated carbocycles. The minimum atomic E-state index is -1.55. The normalized spacial score (nSPS) is 19.6.